The van der Waals surface area contributed by atoms with Crippen LogP contribution < -0.4 is 5.32 Å². The first-order chi connectivity index (χ1) is 10.3. The number of nitrogens with one attached hydrogen (secondary N) is 1. The van der Waals surface area contributed by atoms with Gasteiger partial charge in [-0.25, -0.2) is 8.42 Å². The van der Waals surface area contributed by atoms with Gasteiger partial charge in [-0.05, 0) is 42.8 Å². The van der Waals surface area contributed by atoms with Crippen LogP contribution in [0, 0.1) is 0 Å². The van der Waals surface area contributed by atoms with Gasteiger partial charge in [0.05, 0.1) is 10.9 Å². The summed E-state index contributed by atoms with van der Waals surface area (Å²) in [5, 5.41) is 2.89. The maximum absolute atomic E-state index is 12.2. The normalized spacial score (nSPS) is 12.7. The molecule has 22 heavy (non-hydrogen) atoms. The average Bonchev–Trinajstić information content (AvgIpc) is 2.46. The minimum atomic E-state index is -3.25. The van der Waals surface area contributed by atoms with Gasteiger partial charge in [-0.3, -0.25) is 4.79 Å². The molecule has 1 amide bonds. The molecule has 0 aromatic heterocycles. The van der Waals surface area contributed by atoms with Gasteiger partial charge < -0.3 is 5.32 Å². The number of hydrogen-bond donors (Lipinski definition) is 1. The third-order valence-corrected chi connectivity index (χ3v) is 5.11. The van der Waals surface area contributed by atoms with E-state index in [0.29, 0.717) is 5.56 Å². The Balaban J connectivity index is 2.14. The fourth-order valence-corrected chi connectivity index (χ4v) is 3.30. The molecule has 0 bridgehead atoms. The highest BCUT2D eigenvalue weighted by atomic mass is 79.9. The third kappa shape index (κ3) is 3.96. The topological polar surface area (TPSA) is 63.2 Å². The highest BCUT2D eigenvalue weighted by Crippen LogP contribution is 2.23. The van der Waals surface area contributed by atoms with Crippen LogP contribution in [0.4, 0.5) is 0 Å². The second kappa shape index (κ2) is 6.62. The largest absolute Gasteiger partial charge is 0.345 e. The molecule has 1 N–H and O–H groups in total. The van der Waals surface area contributed by atoms with Crippen LogP contribution in [-0.2, 0) is 9.84 Å². The van der Waals surface area contributed by atoms with Gasteiger partial charge >= 0.3 is 0 Å². The molecule has 0 aliphatic rings. The lowest BCUT2D eigenvalue weighted by molar-refractivity contribution is 0.0939. The van der Waals surface area contributed by atoms with Gasteiger partial charge in [-0.15, -0.1) is 0 Å². The van der Waals surface area contributed by atoms with Crippen molar-refractivity contribution < 1.29 is 13.2 Å². The molecule has 0 saturated carbocycles. The van der Waals surface area contributed by atoms with Crippen molar-refractivity contribution in [1.29, 1.82) is 0 Å². The molecule has 0 aliphatic heterocycles. The fraction of sp³-hybridized carbons (Fsp3) is 0.188. The van der Waals surface area contributed by atoms with Crippen LogP contribution >= 0.6 is 15.9 Å². The van der Waals surface area contributed by atoms with Crippen molar-refractivity contribution >= 4 is 31.7 Å². The van der Waals surface area contributed by atoms with Gasteiger partial charge in [-0.1, -0.05) is 34.1 Å². The highest BCUT2D eigenvalue weighted by Gasteiger charge is 2.14. The van der Waals surface area contributed by atoms with E-state index in [1.807, 2.05) is 31.2 Å². The number of hydrogen-bond acceptors (Lipinski definition) is 3. The Morgan fingerprint density at radius 2 is 1.68 bits per heavy atom. The molecule has 0 spiro atoms. The van der Waals surface area contributed by atoms with Crippen LogP contribution in [0.3, 0.4) is 0 Å². The Morgan fingerprint density at radius 3 is 2.23 bits per heavy atom. The second-order valence-corrected chi connectivity index (χ2v) is 7.88. The maximum Gasteiger partial charge on any atom is 0.251 e. The summed E-state index contributed by atoms with van der Waals surface area (Å²) < 4.78 is 23.7. The summed E-state index contributed by atoms with van der Waals surface area (Å²) in [6.07, 6.45) is 1.14. The summed E-state index contributed by atoms with van der Waals surface area (Å²) >= 11 is 3.46. The van der Waals surface area contributed by atoms with Gasteiger partial charge in [0, 0.05) is 16.3 Å². The standard InChI is InChI=1S/C16H16BrNO3S/c1-11(14-5-3-4-6-15(14)17)18-16(19)12-7-9-13(10-8-12)22(2,20)21/h3-11H,1-2H3,(H,18,19)/t11-/m0/s1. The van der Waals surface area contributed by atoms with Gasteiger partial charge in [0.1, 0.15) is 0 Å². The Bertz CT molecular complexity index is 785. The second-order valence-electron chi connectivity index (χ2n) is 5.01. The lowest BCUT2D eigenvalue weighted by Crippen LogP contribution is -2.26. The Morgan fingerprint density at radius 1 is 1.09 bits per heavy atom. The van der Waals surface area contributed by atoms with Gasteiger partial charge in [-0.2, -0.15) is 0 Å². The molecular weight excluding hydrogens is 366 g/mol. The smallest absolute Gasteiger partial charge is 0.251 e. The van der Waals surface area contributed by atoms with E-state index in [9.17, 15) is 13.2 Å². The fourth-order valence-electron chi connectivity index (χ4n) is 2.04. The SMILES string of the molecule is C[C@H](NC(=O)c1ccc(S(C)(=O)=O)cc1)c1ccccc1Br. The van der Waals surface area contributed by atoms with Gasteiger partial charge in [0.25, 0.3) is 5.91 Å². The monoisotopic (exact) mass is 381 g/mol. The molecule has 0 unspecified atom stereocenters. The van der Waals surface area contributed by atoms with Crippen LogP contribution in [0.5, 0.6) is 0 Å². The summed E-state index contributed by atoms with van der Waals surface area (Å²) in [5.41, 5.74) is 1.40. The van der Waals surface area contributed by atoms with E-state index in [1.165, 1.54) is 24.3 Å². The highest BCUT2D eigenvalue weighted by molar-refractivity contribution is 9.10. The number of benzene rings is 2. The van der Waals surface area contributed by atoms with Gasteiger partial charge in [0.15, 0.2) is 9.84 Å². The zero-order valence-corrected chi connectivity index (χ0v) is 14.6. The number of sulfone groups is 1. The van der Waals surface area contributed by atoms with E-state index in [0.717, 1.165) is 16.3 Å². The van der Waals surface area contributed by atoms with E-state index in [4.69, 9.17) is 0 Å². The van der Waals surface area contributed by atoms with E-state index in [-0.39, 0.29) is 16.8 Å². The molecular formula is C16H16BrNO3S. The average molecular weight is 382 g/mol. The van der Waals surface area contributed by atoms with Crippen molar-refractivity contribution in [3.8, 4) is 0 Å². The quantitative estimate of drug-likeness (QED) is 0.882. The third-order valence-electron chi connectivity index (χ3n) is 3.26. The first-order valence-electron chi connectivity index (χ1n) is 6.64. The molecule has 2 rings (SSSR count). The van der Waals surface area contributed by atoms with Crippen LogP contribution in [0.25, 0.3) is 0 Å². The van der Waals surface area contributed by atoms with Crippen molar-refractivity contribution in [3.05, 3.63) is 64.1 Å². The molecule has 6 heteroatoms. The van der Waals surface area contributed by atoms with E-state index < -0.39 is 9.84 Å². The Hall–Kier alpha value is -1.66. The summed E-state index contributed by atoms with van der Waals surface area (Å²) in [6, 6.07) is 13.4. The number of amides is 1. The van der Waals surface area contributed by atoms with Crippen LogP contribution in [-0.4, -0.2) is 20.6 Å². The summed E-state index contributed by atoms with van der Waals surface area (Å²) in [6.45, 7) is 1.89. The summed E-state index contributed by atoms with van der Waals surface area (Å²) in [4.78, 5) is 12.4. The number of carbonyl (C=O) groups excluding carboxylic acids is 1. The number of carbonyl (C=O) groups is 1. The molecule has 0 radical (unpaired) electrons. The van der Waals surface area contributed by atoms with E-state index in [1.54, 1.807) is 0 Å². The van der Waals surface area contributed by atoms with E-state index >= 15 is 0 Å². The van der Waals surface area contributed by atoms with Crippen molar-refractivity contribution in [2.45, 2.75) is 17.9 Å². The zero-order chi connectivity index (χ0) is 16.3. The van der Waals surface area contributed by atoms with Crippen molar-refractivity contribution in [2.75, 3.05) is 6.26 Å². The number of halogens is 1. The predicted molar refractivity (Wildman–Crippen MR) is 89.6 cm³/mol. The predicted octanol–water partition coefficient (Wildman–Crippen LogP) is 3.34. The molecule has 4 nitrogen and oxygen atoms in total. The summed E-state index contributed by atoms with van der Waals surface area (Å²) in [5.74, 6) is -0.247. The lowest BCUT2D eigenvalue weighted by Gasteiger charge is -2.16. The first kappa shape index (κ1) is 16.7. The van der Waals surface area contributed by atoms with Crippen LogP contribution in [0.2, 0.25) is 0 Å². The van der Waals surface area contributed by atoms with Crippen molar-refractivity contribution in [1.82, 2.24) is 5.32 Å². The molecule has 2 aromatic rings. The molecule has 0 saturated heterocycles. The molecule has 0 aliphatic carbocycles. The molecule has 116 valence electrons. The minimum Gasteiger partial charge on any atom is -0.345 e. The van der Waals surface area contributed by atoms with Crippen LogP contribution in [0.1, 0.15) is 28.9 Å². The Labute approximate surface area is 138 Å². The molecule has 1 atom stereocenters. The molecule has 2 aromatic carbocycles. The van der Waals surface area contributed by atoms with Crippen LogP contribution in [0.15, 0.2) is 57.9 Å². The Kier molecular flexibility index (Phi) is 5.03. The van der Waals surface area contributed by atoms with E-state index in [2.05, 4.69) is 21.2 Å². The van der Waals surface area contributed by atoms with Gasteiger partial charge in [0.2, 0.25) is 0 Å². The number of rotatable bonds is 4. The molecule has 0 heterocycles. The summed E-state index contributed by atoms with van der Waals surface area (Å²) in [7, 11) is -3.25. The van der Waals surface area contributed by atoms with Crippen molar-refractivity contribution in [3.63, 3.8) is 0 Å². The molecule has 0 fully saturated rings. The first-order valence-corrected chi connectivity index (χ1v) is 9.33. The van der Waals surface area contributed by atoms with Crippen molar-refractivity contribution in [2.24, 2.45) is 0 Å². The maximum atomic E-state index is 12.2. The lowest BCUT2D eigenvalue weighted by atomic mass is 10.1. The minimum absolute atomic E-state index is 0.169. The zero-order valence-electron chi connectivity index (χ0n) is 12.2.